The first-order valence-corrected chi connectivity index (χ1v) is 7.26. The third-order valence-corrected chi connectivity index (χ3v) is 3.27. The Morgan fingerprint density at radius 1 is 1.36 bits per heavy atom. The van der Waals surface area contributed by atoms with Gasteiger partial charge in [-0.2, -0.15) is 0 Å². The maximum absolute atomic E-state index is 12.0. The highest BCUT2D eigenvalue weighted by Crippen LogP contribution is 2.21. The average Bonchev–Trinajstić information content (AvgIpc) is 2.46. The van der Waals surface area contributed by atoms with E-state index in [0.29, 0.717) is 25.0 Å². The van der Waals surface area contributed by atoms with Crippen molar-refractivity contribution in [3.8, 4) is 0 Å². The molecule has 0 spiro atoms. The van der Waals surface area contributed by atoms with Gasteiger partial charge < -0.3 is 19.7 Å². The van der Waals surface area contributed by atoms with Crippen molar-refractivity contribution >= 4 is 24.2 Å². The van der Waals surface area contributed by atoms with E-state index in [-0.39, 0.29) is 6.09 Å². The Hall–Kier alpha value is -1.86. The molecule has 0 aliphatic carbocycles. The molecule has 0 bridgehead atoms. The number of amides is 1. The Morgan fingerprint density at radius 3 is 2.55 bits per heavy atom. The van der Waals surface area contributed by atoms with Gasteiger partial charge in [0.05, 0.1) is 5.69 Å². The summed E-state index contributed by atoms with van der Waals surface area (Å²) in [5, 5.41) is 18.1. The summed E-state index contributed by atoms with van der Waals surface area (Å²) in [5.74, 6) is 0. The molecular weight excluding hydrogens is 283 g/mol. The summed E-state index contributed by atoms with van der Waals surface area (Å²) >= 11 is 0. The fraction of sp³-hybridized carbons (Fsp3) is 0.467. The van der Waals surface area contributed by atoms with Crippen LogP contribution in [0.1, 0.15) is 32.9 Å². The van der Waals surface area contributed by atoms with E-state index in [0.717, 1.165) is 11.3 Å². The molecule has 1 aliphatic rings. The summed E-state index contributed by atoms with van der Waals surface area (Å²) in [5.41, 5.74) is 1.69. The number of aromatic nitrogens is 1. The van der Waals surface area contributed by atoms with Gasteiger partial charge in [0, 0.05) is 24.7 Å². The molecule has 1 aliphatic heterocycles. The summed E-state index contributed by atoms with van der Waals surface area (Å²) in [7, 11) is -1.51. The zero-order valence-electron chi connectivity index (χ0n) is 13.1. The average molecular weight is 304 g/mol. The number of pyridine rings is 1. The zero-order valence-corrected chi connectivity index (χ0v) is 13.1. The van der Waals surface area contributed by atoms with Crippen LogP contribution in [0.2, 0.25) is 0 Å². The molecule has 6 nitrogen and oxygen atoms in total. The number of ether oxygens (including phenoxy) is 1. The highest BCUT2D eigenvalue weighted by atomic mass is 16.6. The Morgan fingerprint density at radius 2 is 2.09 bits per heavy atom. The molecule has 1 amide bonds. The highest BCUT2D eigenvalue weighted by Gasteiger charge is 2.24. The van der Waals surface area contributed by atoms with Crippen LogP contribution in [-0.2, 0) is 4.74 Å². The van der Waals surface area contributed by atoms with E-state index in [9.17, 15) is 4.79 Å². The van der Waals surface area contributed by atoms with Crippen LogP contribution in [-0.4, -0.2) is 51.8 Å². The van der Waals surface area contributed by atoms with Crippen molar-refractivity contribution in [1.29, 1.82) is 0 Å². The number of carbonyl (C=O) groups excluding carboxylic acids is 1. The molecule has 22 heavy (non-hydrogen) atoms. The monoisotopic (exact) mass is 304 g/mol. The van der Waals surface area contributed by atoms with E-state index in [2.05, 4.69) is 4.98 Å². The van der Waals surface area contributed by atoms with Gasteiger partial charge in [-0.05, 0) is 38.8 Å². The fourth-order valence-electron chi connectivity index (χ4n) is 2.14. The lowest BCUT2D eigenvalue weighted by molar-refractivity contribution is 0.0270. The molecule has 2 N–H and O–H groups in total. The second kappa shape index (κ2) is 6.50. The van der Waals surface area contributed by atoms with Gasteiger partial charge in [-0.25, -0.2) is 4.79 Å². The van der Waals surface area contributed by atoms with Gasteiger partial charge in [-0.1, -0.05) is 12.1 Å². The molecule has 1 aromatic rings. The lowest BCUT2D eigenvalue weighted by atomic mass is 9.81. The van der Waals surface area contributed by atoms with Crippen molar-refractivity contribution in [2.45, 2.75) is 32.8 Å². The summed E-state index contributed by atoms with van der Waals surface area (Å²) in [6.07, 6.45) is 3.77. The van der Waals surface area contributed by atoms with E-state index < -0.39 is 12.7 Å². The fourth-order valence-corrected chi connectivity index (χ4v) is 2.14. The minimum Gasteiger partial charge on any atom is -0.444 e. The zero-order chi connectivity index (χ0) is 16.3. The van der Waals surface area contributed by atoms with E-state index in [1.807, 2.05) is 26.8 Å². The van der Waals surface area contributed by atoms with Crippen LogP contribution < -0.4 is 5.46 Å². The van der Waals surface area contributed by atoms with E-state index >= 15 is 0 Å². The standard InChI is InChI=1S/C15H21BN2O4/c1-15(2,3)22-14(19)18-8-6-11(7-9-18)13-5-4-12(10-17-13)16(20)21/h4-6,10,20-21H,7-9H2,1-3H3. The molecule has 2 heterocycles. The minimum atomic E-state index is -1.51. The van der Waals surface area contributed by atoms with Gasteiger partial charge in [0.15, 0.2) is 0 Å². The second-order valence-electron chi connectivity index (χ2n) is 6.26. The lowest BCUT2D eigenvalue weighted by Gasteiger charge is -2.29. The van der Waals surface area contributed by atoms with Crippen LogP contribution in [0.25, 0.3) is 5.57 Å². The molecule has 0 unspecified atom stereocenters. The van der Waals surface area contributed by atoms with Crippen LogP contribution in [0, 0.1) is 0 Å². The predicted molar refractivity (Wildman–Crippen MR) is 84.5 cm³/mol. The normalized spacial score (nSPS) is 15.3. The van der Waals surface area contributed by atoms with Crippen molar-refractivity contribution < 1.29 is 19.6 Å². The molecular formula is C15H21BN2O4. The number of nitrogens with zero attached hydrogens (tertiary/aromatic N) is 2. The molecule has 0 saturated heterocycles. The maximum Gasteiger partial charge on any atom is 0.490 e. The molecule has 0 fully saturated rings. The number of rotatable bonds is 2. The molecule has 7 heteroatoms. The molecule has 0 atom stereocenters. The largest absolute Gasteiger partial charge is 0.490 e. The van der Waals surface area contributed by atoms with Gasteiger partial charge in [-0.15, -0.1) is 0 Å². The van der Waals surface area contributed by atoms with Crippen molar-refractivity contribution in [3.05, 3.63) is 30.1 Å². The summed E-state index contributed by atoms with van der Waals surface area (Å²) in [6.45, 7) is 6.59. The lowest BCUT2D eigenvalue weighted by Crippen LogP contribution is -2.39. The van der Waals surface area contributed by atoms with E-state index in [4.69, 9.17) is 14.8 Å². The van der Waals surface area contributed by atoms with Gasteiger partial charge in [-0.3, -0.25) is 4.98 Å². The first-order valence-electron chi connectivity index (χ1n) is 7.26. The molecule has 1 aromatic heterocycles. The van der Waals surface area contributed by atoms with Gasteiger partial charge >= 0.3 is 13.2 Å². The highest BCUT2D eigenvalue weighted by molar-refractivity contribution is 6.58. The summed E-state index contributed by atoms with van der Waals surface area (Å²) in [6, 6.07) is 3.39. The molecule has 118 valence electrons. The third-order valence-electron chi connectivity index (χ3n) is 3.27. The number of carbonyl (C=O) groups is 1. The topological polar surface area (TPSA) is 82.9 Å². The first-order chi connectivity index (χ1) is 10.3. The Balaban J connectivity index is 2.00. The van der Waals surface area contributed by atoms with Crippen molar-refractivity contribution in [1.82, 2.24) is 9.88 Å². The third kappa shape index (κ3) is 4.32. The van der Waals surface area contributed by atoms with Gasteiger partial charge in [0.25, 0.3) is 0 Å². The van der Waals surface area contributed by atoms with Crippen molar-refractivity contribution in [2.75, 3.05) is 13.1 Å². The first kappa shape index (κ1) is 16.5. The Kier molecular flexibility index (Phi) is 4.88. The van der Waals surface area contributed by atoms with Crippen LogP contribution in [0.5, 0.6) is 0 Å². The van der Waals surface area contributed by atoms with Crippen LogP contribution in [0.15, 0.2) is 24.4 Å². The minimum absolute atomic E-state index is 0.311. The molecule has 0 saturated carbocycles. The van der Waals surface area contributed by atoms with Crippen LogP contribution in [0.4, 0.5) is 4.79 Å². The van der Waals surface area contributed by atoms with E-state index in [1.165, 1.54) is 6.20 Å². The number of hydrogen-bond donors (Lipinski definition) is 2. The van der Waals surface area contributed by atoms with Crippen LogP contribution >= 0.6 is 0 Å². The Bertz CT molecular complexity index is 564. The SMILES string of the molecule is CC(C)(C)OC(=O)N1CC=C(c2ccc(B(O)O)cn2)CC1. The van der Waals surface area contributed by atoms with Crippen molar-refractivity contribution in [3.63, 3.8) is 0 Å². The van der Waals surface area contributed by atoms with Gasteiger partial charge in [0.1, 0.15) is 5.60 Å². The van der Waals surface area contributed by atoms with Gasteiger partial charge in [0.2, 0.25) is 0 Å². The number of hydrogen-bond acceptors (Lipinski definition) is 5. The summed E-state index contributed by atoms with van der Waals surface area (Å²) < 4.78 is 5.35. The van der Waals surface area contributed by atoms with Crippen molar-refractivity contribution in [2.24, 2.45) is 0 Å². The van der Waals surface area contributed by atoms with Crippen LogP contribution in [0.3, 0.4) is 0 Å². The Labute approximate surface area is 130 Å². The maximum atomic E-state index is 12.0. The predicted octanol–water partition coefficient (Wildman–Crippen LogP) is 0.786. The summed E-state index contributed by atoms with van der Waals surface area (Å²) in [4.78, 5) is 17.9. The molecule has 0 aromatic carbocycles. The van der Waals surface area contributed by atoms with E-state index in [1.54, 1.807) is 17.0 Å². The molecule has 2 rings (SSSR count). The quantitative estimate of drug-likeness (QED) is 0.789. The molecule has 0 radical (unpaired) electrons. The second-order valence-corrected chi connectivity index (χ2v) is 6.26. The smallest absolute Gasteiger partial charge is 0.444 e.